The van der Waals surface area contributed by atoms with Gasteiger partial charge in [0.25, 0.3) is 0 Å². The van der Waals surface area contributed by atoms with Gasteiger partial charge in [-0.15, -0.1) is 22.7 Å². The molecule has 0 atom stereocenters. The third-order valence-corrected chi connectivity index (χ3v) is 11.1. The van der Waals surface area contributed by atoms with Crippen LogP contribution in [0.1, 0.15) is 45.4 Å². The van der Waals surface area contributed by atoms with E-state index in [9.17, 15) is 0 Å². The Kier molecular flexibility index (Phi) is 6.39. The Morgan fingerprint density at radius 1 is 0.647 bits per heavy atom. The lowest BCUT2D eigenvalue weighted by Crippen LogP contribution is -2.18. The molecule has 4 aromatic heterocycles. The Balaban J connectivity index is 1.27. The summed E-state index contributed by atoms with van der Waals surface area (Å²) >= 11 is 7.27. The summed E-state index contributed by atoms with van der Waals surface area (Å²) in [5.74, 6) is 0. The first kappa shape index (κ1) is 22.6. The van der Waals surface area contributed by atoms with E-state index in [1.807, 2.05) is 22.7 Å². The van der Waals surface area contributed by atoms with E-state index in [2.05, 4.69) is 48.8 Å². The van der Waals surface area contributed by atoms with Gasteiger partial charge in [-0.3, -0.25) is 0 Å². The van der Waals surface area contributed by atoms with Crippen LogP contribution in [0.4, 0.5) is 0 Å². The number of thiophene rings is 4. The van der Waals surface area contributed by atoms with Crippen LogP contribution in [-0.2, 0) is 0 Å². The van der Waals surface area contributed by atoms with Crippen LogP contribution in [0.2, 0.25) is 0 Å². The van der Waals surface area contributed by atoms with Gasteiger partial charge in [-0.2, -0.15) is 5.48 Å². The minimum atomic E-state index is 0.901. The van der Waals surface area contributed by atoms with Crippen LogP contribution in [0.5, 0.6) is 10.1 Å². The standard InChI is InChI=1S/C27H27NO2S4/c1-3-4-5-6-7-8-13-28-30-23-15-19-21(32-23)12-10-17-25(19)34-26-16-9-11-20-18(14-22(29-2)31-20)24(16)33-27(17)26/h9-12,14-15,28H,3-8,13H2,1-2H3. The number of nitrogens with one attached hydrogen (secondary N) is 1. The van der Waals surface area contributed by atoms with Crippen molar-refractivity contribution in [2.45, 2.75) is 45.4 Å². The smallest absolute Gasteiger partial charge is 0.201 e. The molecule has 176 valence electrons. The summed E-state index contributed by atoms with van der Waals surface area (Å²) in [5.41, 5.74) is 3.18. The average molecular weight is 526 g/mol. The second-order valence-corrected chi connectivity index (χ2v) is 12.8. The molecule has 0 saturated heterocycles. The first-order valence-corrected chi connectivity index (χ1v) is 15.2. The summed E-state index contributed by atoms with van der Waals surface area (Å²) in [4.78, 5) is 5.92. The fourth-order valence-electron chi connectivity index (χ4n) is 4.61. The van der Waals surface area contributed by atoms with E-state index in [-0.39, 0.29) is 0 Å². The van der Waals surface area contributed by atoms with Gasteiger partial charge >= 0.3 is 0 Å². The van der Waals surface area contributed by atoms with E-state index >= 15 is 0 Å². The molecule has 0 amide bonds. The molecule has 0 spiro atoms. The maximum atomic E-state index is 5.92. The second-order valence-electron chi connectivity index (χ2n) is 8.67. The van der Waals surface area contributed by atoms with Crippen molar-refractivity contribution in [2.75, 3.05) is 13.7 Å². The maximum Gasteiger partial charge on any atom is 0.201 e. The van der Waals surface area contributed by atoms with Gasteiger partial charge in [0.1, 0.15) is 0 Å². The van der Waals surface area contributed by atoms with E-state index in [0.717, 1.165) is 23.1 Å². The van der Waals surface area contributed by atoms with Crippen LogP contribution in [0.25, 0.3) is 49.7 Å². The Hall–Kier alpha value is -1.90. The molecule has 0 radical (unpaired) electrons. The molecule has 0 aliphatic heterocycles. The zero-order valence-electron chi connectivity index (χ0n) is 19.4. The summed E-state index contributed by atoms with van der Waals surface area (Å²) in [7, 11) is 1.75. The third-order valence-electron chi connectivity index (χ3n) is 6.37. The number of ether oxygens (including phenoxy) is 1. The van der Waals surface area contributed by atoms with Crippen molar-refractivity contribution in [3.05, 3.63) is 36.4 Å². The van der Waals surface area contributed by atoms with Crippen LogP contribution in [-0.4, -0.2) is 13.7 Å². The molecule has 6 rings (SSSR count). The number of fused-ring (bicyclic) bond motifs is 9. The van der Waals surface area contributed by atoms with Gasteiger partial charge in [0.2, 0.25) is 5.06 Å². The van der Waals surface area contributed by atoms with Crippen molar-refractivity contribution in [2.24, 2.45) is 0 Å². The molecule has 0 bridgehead atoms. The molecule has 0 fully saturated rings. The van der Waals surface area contributed by atoms with Crippen LogP contribution < -0.4 is 15.1 Å². The summed E-state index contributed by atoms with van der Waals surface area (Å²) in [6.45, 7) is 3.16. The largest absolute Gasteiger partial charge is 0.487 e. The molecule has 7 heteroatoms. The highest BCUT2D eigenvalue weighted by molar-refractivity contribution is 7.38. The van der Waals surface area contributed by atoms with Gasteiger partial charge < -0.3 is 9.57 Å². The molecule has 0 unspecified atom stereocenters. The number of methoxy groups -OCH3 is 1. The van der Waals surface area contributed by atoms with Gasteiger partial charge in [-0.25, -0.2) is 0 Å². The Morgan fingerprint density at radius 3 is 1.88 bits per heavy atom. The lowest BCUT2D eigenvalue weighted by atomic mass is 10.1. The highest BCUT2D eigenvalue weighted by atomic mass is 32.1. The highest BCUT2D eigenvalue weighted by Gasteiger charge is 2.18. The van der Waals surface area contributed by atoms with Crippen molar-refractivity contribution in [1.29, 1.82) is 0 Å². The van der Waals surface area contributed by atoms with Crippen molar-refractivity contribution in [3.63, 3.8) is 0 Å². The normalized spacial score (nSPS) is 12.2. The van der Waals surface area contributed by atoms with Crippen LogP contribution in [0, 0.1) is 0 Å². The minimum absolute atomic E-state index is 0.901. The molecule has 6 aromatic rings. The topological polar surface area (TPSA) is 30.5 Å². The zero-order chi connectivity index (χ0) is 23.1. The van der Waals surface area contributed by atoms with E-state index < -0.39 is 0 Å². The van der Waals surface area contributed by atoms with Crippen LogP contribution in [0.3, 0.4) is 0 Å². The van der Waals surface area contributed by atoms with Crippen molar-refractivity contribution in [3.8, 4) is 10.1 Å². The Labute approximate surface area is 214 Å². The van der Waals surface area contributed by atoms with Crippen molar-refractivity contribution < 1.29 is 9.57 Å². The molecule has 1 N–H and O–H groups in total. The molecule has 3 nitrogen and oxygen atoms in total. The van der Waals surface area contributed by atoms with E-state index in [0.29, 0.717) is 0 Å². The fourth-order valence-corrected chi connectivity index (χ4v) is 9.39. The third kappa shape index (κ3) is 3.97. The number of unbranched alkanes of at least 4 members (excludes halogenated alkanes) is 5. The summed E-state index contributed by atoms with van der Waals surface area (Å²) < 4.78 is 13.6. The van der Waals surface area contributed by atoms with E-state index in [1.165, 1.54) is 81.8 Å². The number of rotatable bonds is 10. The predicted molar refractivity (Wildman–Crippen MR) is 154 cm³/mol. The quantitative estimate of drug-likeness (QED) is 0.143. The maximum absolute atomic E-state index is 5.92. The number of hydrogen-bond donors (Lipinski definition) is 1. The first-order chi connectivity index (χ1) is 16.8. The van der Waals surface area contributed by atoms with Crippen LogP contribution >= 0.6 is 45.3 Å². The Bertz CT molecular complexity index is 1600. The number of hydroxylamine groups is 1. The minimum Gasteiger partial charge on any atom is -0.487 e. The summed E-state index contributed by atoms with van der Waals surface area (Å²) in [6.07, 6.45) is 7.76. The lowest BCUT2D eigenvalue weighted by Gasteiger charge is -2.04. The number of benzene rings is 2. The molecule has 0 aliphatic carbocycles. The molecule has 0 aliphatic rings. The van der Waals surface area contributed by atoms with Crippen molar-refractivity contribution >= 4 is 95.1 Å². The van der Waals surface area contributed by atoms with E-state index in [4.69, 9.17) is 9.57 Å². The van der Waals surface area contributed by atoms with Gasteiger partial charge in [0, 0.05) is 59.0 Å². The molecule has 2 aromatic carbocycles. The molecular formula is C27H27NO2S4. The monoisotopic (exact) mass is 525 g/mol. The van der Waals surface area contributed by atoms with Crippen LogP contribution in [0.15, 0.2) is 36.4 Å². The van der Waals surface area contributed by atoms with E-state index in [1.54, 1.807) is 29.8 Å². The van der Waals surface area contributed by atoms with Gasteiger partial charge in [0.15, 0.2) is 5.06 Å². The molecular weight excluding hydrogens is 499 g/mol. The predicted octanol–water partition coefficient (Wildman–Crippen LogP) is 9.95. The van der Waals surface area contributed by atoms with Gasteiger partial charge in [0.05, 0.1) is 16.5 Å². The first-order valence-electron chi connectivity index (χ1n) is 11.9. The van der Waals surface area contributed by atoms with Gasteiger partial charge in [-0.05, 0) is 18.6 Å². The average Bonchev–Trinajstić information content (AvgIpc) is 3.60. The molecule has 34 heavy (non-hydrogen) atoms. The Morgan fingerprint density at radius 2 is 1.24 bits per heavy atom. The van der Waals surface area contributed by atoms with Gasteiger partial charge in [-0.1, -0.05) is 73.8 Å². The second kappa shape index (κ2) is 9.63. The SMILES string of the molecule is CCCCCCCCNOc1cc2c(ccc3c2sc2c4ccc5sc(OC)cc5c4sc32)s1. The molecule has 0 saturated carbocycles. The van der Waals surface area contributed by atoms with Crippen molar-refractivity contribution in [1.82, 2.24) is 5.48 Å². The highest BCUT2D eigenvalue weighted by Crippen LogP contribution is 2.50. The number of hydrogen-bond acceptors (Lipinski definition) is 7. The summed E-state index contributed by atoms with van der Waals surface area (Å²) in [5, 5.41) is 7.25. The lowest BCUT2D eigenvalue weighted by molar-refractivity contribution is 0.200. The zero-order valence-corrected chi connectivity index (χ0v) is 22.6. The molecule has 4 heterocycles. The fraction of sp³-hybridized carbons (Fsp3) is 0.333. The summed E-state index contributed by atoms with van der Waals surface area (Å²) in [6, 6.07) is 13.5.